The molecule has 3 rings (SSSR count). The molecule has 0 aliphatic carbocycles. The highest BCUT2D eigenvalue weighted by atomic mass is 31.1. The van der Waals surface area contributed by atoms with Crippen LogP contribution in [0.15, 0.2) is 72.8 Å². The fourth-order valence-electron chi connectivity index (χ4n) is 2.75. The van der Waals surface area contributed by atoms with Gasteiger partial charge in [-0.05, 0) is 44.6 Å². The Morgan fingerprint density at radius 3 is 1.09 bits per heavy atom. The van der Waals surface area contributed by atoms with Crippen molar-refractivity contribution in [2.45, 2.75) is 20.8 Å². The minimum absolute atomic E-state index is 0. The average Bonchev–Trinajstić information content (AvgIpc) is 2.48. The van der Waals surface area contributed by atoms with Gasteiger partial charge in [0.1, 0.15) is 0 Å². The molecule has 3 radical (unpaired) electrons. The second-order valence-electron chi connectivity index (χ2n) is 5.85. The van der Waals surface area contributed by atoms with Crippen LogP contribution in [-0.4, -0.2) is 8.41 Å². The van der Waals surface area contributed by atoms with Gasteiger partial charge < -0.3 is 0 Å². The molecule has 0 amide bonds. The minimum atomic E-state index is -0.495. The van der Waals surface area contributed by atoms with E-state index in [1.165, 1.54) is 32.6 Å². The zero-order valence-corrected chi connectivity index (χ0v) is 14.8. The molecule has 0 nitrogen and oxygen atoms in total. The van der Waals surface area contributed by atoms with Crippen molar-refractivity contribution in [3.8, 4) is 0 Å². The van der Waals surface area contributed by atoms with Crippen molar-refractivity contribution in [3.63, 3.8) is 0 Å². The van der Waals surface area contributed by atoms with Gasteiger partial charge in [0.15, 0.2) is 0 Å². The van der Waals surface area contributed by atoms with Gasteiger partial charge in [0.2, 0.25) is 0 Å². The SMILES string of the molecule is Cc1cccc(P(c2cccc(C)c2)c2cccc(C)c2)c1.[B]. The first-order valence-corrected chi connectivity index (χ1v) is 8.98. The third-order valence-corrected chi connectivity index (χ3v) is 6.16. The summed E-state index contributed by atoms with van der Waals surface area (Å²) in [6.45, 7) is 6.51. The predicted molar refractivity (Wildman–Crippen MR) is 105 cm³/mol. The molecule has 0 aromatic heterocycles. The summed E-state index contributed by atoms with van der Waals surface area (Å²) in [5.74, 6) is 0. The zero-order valence-electron chi connectivity index (χ0n) is 14.0. The molecule has 0 N–H and O–H groups in total. The van der Waals surface area contributed by atoms with Gasteiger partial charge in [-0.15, -0.1) is 0 Å². The van der Waals surface area contributed by atoms with Crippen LogP contribution in [0.2, 0.25) is 0 Å². The Labute approximate surface area is 142 Å². The number of benzene rings is 3. The topological polar surface area (TPSA) is 0 Å². The Kier molecular flexibility index (Phi) is 5.80. The molecule has 0 heterocycles. The lowest BCUT2D eigenvalue weighted by atomic mass is 10.2. The summed E-state index contributed by atoms with van der Waals surface area (Å²) in [5, 5.41) is 4.27. The third kappa shape index (κ3) is 4.12. The maximum atomic E-state index is 2.33. The van der Waals surface area contributed by atoms with Crippen LogP contribution in [0, 0.1) is 20.8 Å². The number of hydrogen-bond donors (Lipinski definition) is 0. The Hall–Kier alpha value is -1.85. The molecule has 0 bridgehead atoms. The first-order chi connectivity index (χ1) is 10.6. The number of hydrogen-bond acceptors (Lipinski definition) is 0. The van der Waals surface area contributed by atoms with Crippen LogP contribution in [0.3, 0.4) is 0 Å². The van der Waals surface area contributed by atoms with E-state index in [0.29, 0.717) is 0 Å². The molecule has 23 heavy (non-hydrogen) atoms. The van der Waals surface area contributed by atoms with Crippen LogP contribution < -0.4 is 15.9 Å². The van der Waals surface area contributed by atoms with Crippen LogP contribution in [-0.2, 0) is 0 Å². The van der Waals surface area contributed by atoms with E-state index in [4.69, 9.17) is 0 Å². The molecule has 113 valence electrons. The van der Waals surface area contributed by atoms with Crippen molar-refractivity contribution in [3.05, 3.63) is 89.5 Å². The van der Waals surface area contributed by atoms with Crippen molar-refractivity contribution in [2.24, 2.45) is 0 Å². The van der Waals surface area contributed by atoms with Crippen molar-refractivity contribution >= 4 is 32.2 Å². The molecule has 0 aliphatic heterocycles. The molecule has 0 fully saturated rings. The lowest BCUT2D eigenvalue weighted by molar-refractivity contribution is 1.48. The maximum absolute atomic E-state index is 2.33. The van der Waals surface area contributed by atoms with Crippen molar-refractivity contribution < 1.29 is 0 Å². The lowest BCUT2D eigenvalue weighted by Crippen LogP contribution is -2.21. The van der Waals surface area contributed by atoms with Gasteiger partial charge in [0.25, 0.3) is 0 Å². The van der Waals surface area contributed by atoms with Crippen LogP contribution in [0.1, 0.15) is 16.7 Å². The Morgan fingerprint density at radius 1 is 0.522 bits per heavy atom. The predicted octanol–water partition coefficient (Wildman–Crippen LogP) is 3.99. The van der Waals surface area contributed by atoms with Crippen LogP contribution in [0.4, 0.5) is 0 Å². The molecule has 2 heteroatoms. The van der Waals surface area contributed by atoms with E-state index in [2.05, 4.69) is 93.6 Å². The molecule has 3 aromatic carbocycles. The highest BCUT2D eigenvalue weighted by molar-refractivity contribution is 7.79. The Bertz CT molecular complexity index is 687. The minimum Gasteiger partial charge on any atom is -0.0613 e. The van der Waals surface area contributed by atoms with Gasteiger partial charge in [-0.3, -0.25) is 0 Å². The summed E-state index contributed by atoms with van der Waals surface area (Å²) < 4.78 is 0. The van der Waals surface area contributed by atoms with Gasteiger partial charge >= 0.3 is 0 Å². The largest absolute Gasteiger partial charge is 0.0613 e. The van der Waals surface area contributed by atoms with Crippen LogP contribution in [0.5, 0.6) is 0 Å². The van der Waals surface area contributed by atoms with Crippen LogP contribution in [0.25, 0.3) is 0 Å². The van der Waals surface area contributed by atoms with E-state index in [1.54, 1.807) is 0 Å². The first kappa shape index (κ1) is 17.5. The average molecular weight is 315 g/mol. The van der Waals surface area contributed by atoms with Gasteiger partial charge in [-0.2, -0.15) is 0 Å². The number of aryl methyl sites for hydroxylation is 3. The van der Waals surface area contributed by atoms with E-state index in [0.717, 1.165) is 0 Å². The highest BCUT2D eigenvalue weighted by Crippen LogP contribution is 2.33. The van der Waals surface area contributed by atoms with E-state index >= 15 is 0 Å². The van der Waals surface area contributed by atoms with E-state index in [-0.39, 0.29) is 8.41 Å². The Balaban J connectivity index is 0.00000192. The highest BCUT2D eigenvalue weighted by Gasteiger charge is 2.16. The molecule has 0 atom stereocenters. The molecule has 0 unspecified atom stereocenters. The summed E-state index contributed by atoms with van der Waals surface area (Å²) in [5.41, 5.74) is 3.97. The van der Waals surface area contributed by atoms with Gasteiger partial charge in [-0.25, -0.2) is 0 Å². The molecular weight excluding hydrogens is 294 g/mol. The molecule has 0 aliphatic rings. The molecular formula is C21H21BP. The summed E-state index contributed by atoms with van der Waals surface area (Å²) >= 11 is 0. The fourth-order valence-corrected chi connectivity index (χ4v) is 5.35. The molecule has 3 aromatic rings. The molecule has 0 saturated heterocycles. The van der Waals surface area contributed by atoms with Gasteiger partial charge in [0, 0.05) is 8.41 Å². The summed E-state index contributed by atoms with van der Waals surface area (Å²) in [7, 11) is -0.495. The first-order valence-electron chi connectivity index (χ1n) is 7.63. The monoisotopic (exact) mass is 315 g/mol. The van der Waals surface area contributed by atoms with E-state index in [9.17, 15) is 0 Å². The van der Waals surface area contributed by atoms with Crippen LogP contribution >= 0.6 is 7.92 Å². The standard InChI is InChI=1S/C21H21P.B/c1-16-7-4-10-19(13-16)22(20-11-5-8-17(2)14-20)21-12-6-9-18(3)15-21;/h4-15H,1-3H3;. The normalized spacial score (nSPS) is 10.4. The van der Waals surface area contributed by atoms with E-state index < -0.39 is 7.92 Å². The second kappa shape index (κ2) is 7.62. The number of rotatable bonds is 3. The smallest absolute Gasteiger partial charge is 0 e. The van der Waals surface area contributed by atoms with Gasteiger partial charge in [-0.1, -0.05) is 89.5 Å². The van der Waals surface area contributed by atoms with Crippen molar-refractivity contribution in [1.29, 1.82) is 0 Å². The van der Waals surface area contributed by atoms with Gasteiger partial charge in [0.05, 0.1) is 0 Å². The summed E-state index contributed by atoms with van der Waals surface area (Å²) in [4.78, 5) is 0. The second-order valence-corrected chi connectivity index (χ2v) is 8.07. The third-order valence-electron chi connectivity index (χ3n) is 3.78. The summed E-state index contributed by atoms with van der Waals surface area (Å²) in [6, 6.07) is 26.8. The lowest BCUT2D eigenvalue weighted by Gasteiger charge is -2.20. The quantitative estimate of drug-likeness (QED) is 0.506. The maximum Gasteiger partial charge on any atom is 0 e. The fraction of sp³-hybridized carbons (Fsp3) is 0.143. The molecule has 0 spiro atoms. The van der Waals surface area contributed by atoms with E-state index in [1.807, 2.05) is 0 Å². The van der Waals surface area contributed by atoms with Crippen molar-refractivity contribution in [1.82, 2.24) is 0 Å². The summed E-state index contributed by atoms with van der Waals surface area (Å²) in [6.07, 6.45) is 0. The Morgan fingerprint density at radius 2 is 0.826 bits per heavy atom. The van der Waals surface area contributed by atoms with Crippen molar-refractivity contribution in [2.75, 3.05) is 0 Å². The molecule has 0 saturated carbocycles. The zero-order chi connectivity index (χ0) is 15.5.